The first-order valence-corrected chi connectivity index (χ1v) is 7.64. The van der Waals surface area contributed by atoms with Crippen LogP contribution in [-0.2, 0) is 19.3 Å². The first kappa shape index (κ1) is 15.4. The SMILES string of the molecule is CCCc1nc(NC)c(C)c(-n2nc(CC)nc2CC)n1. The van der Waals surface area contributed by atoms with Crippen LogP contribution in [-0.4, -0.2) is 31.8 Å². The lowest BCUT2D eigenvalue weighted by atomic mass is 10.2. The van der Waals surface area contributed by atoms with Gasteiger partial charge in [-0.1, -0.05) is 20.8 Å². The summed E-state index contributed by atoms with van der Waals surface area (Å²) >= 11 is 0. The highest BCUT2D eigenvalue weighted by Crippen LogP contribution is 2.20. The summed E-state index contributed by atoms with van der Waals surface area (Å²) in [5.41, 5.74) is 1.000. The Morgan fingerprint density at radius 3 is 2.33 bits per heavy atom. The van der Waals surface area contributed by atoms with Gasteiger partial charge >= 0.3 is 0 Å². The van der Waals surface area contributed by atoms with E-state index in [0.29, 0.717) is 0 Å². The van der Waals surface area contributed by atoms with E-state index in [-0.39, 0.29) is 0 Å². The van der Waals surface area contributed by atoms with Gasteiger partial charge < -0.3 is 5.32 Å². The molecule has 0 unspecified atom stereocenters. The fraction of sp³-hybridized carbons (Fsp3) is 0.600. The summed E-state index contributed by atoms with van der Waals surface area (Å²) in [6, 6.07) is 0. The second kappa shape index (κ2) is 6.65. The number of anilines is 1. The van der Waals surface area contributed by atoms with E-state index in [0.717, 1.165) is 60.4 Å². The summed E-state index contributed by atoms with van der Waals surface area (Å²) < 4.78 is 1.87. The molecule has 2 rings (SSSR count). The van der Waals surface area contributed by atoms with Crippen LogP contribution in [0, 0.1) is 6.92 Å². The second-order valence-corrected chi connectivity index (χ2v) is 5.00. The van der Waals surface area contributed by atoms with Crippen molar-refractivity contribution in [1.82, 2.24) is 24.7 Å². The summed E-state index contributed by atoms with van der Waals surface area (Å²) in [7, 11) is 1.88. The molecule has 0 amide bonds. The van der Waals surface area contributed by atoms with Crippen molar-refractivity contribution in [3.8, 4) is 5.82 Å². The van der Waals surface area contributed by atoms with Crippen LogP contribution in [0.1, 0.15) is 50.2 Å². The molecule has 6 nitrogen and oxygen atoms in total. The van der Waals surface area contributed by atoms with Gasteiger partial charge in [0, 0.05) is 31.9 Å². The number of hydrogen-bond donors (Lipinski definition) is 1. The molecule has 0 aromatic carbocycles. The number of hydrogen-bond acceptors (Lipinski definition) is 5. The summed E-state index contributed by atoms with van der Waals surface area (Å²) in [6.07, 6.45) is 3.53. The molecular weight excluding hydrogens is 264 g/mol. The third-order valence-corrected chi connectivity index (χ3v) is 3.43. The number of aromatic nitrogens is 5. The van der Waals surface area contributed by atoms with E-state index in [1.807, 2.05) is 18.7 Å². The van der Waals surface area contributed by atoms with E-state index in [1.54, 1.807) is 0 Å². The van der Waals surface area contributed by atoms with Crippen LogP contribution < -0.4 is 5.32 Å². The predicted molar refractivity (Wildman–Crippen MR) is 84.0 cm³/mol. The molecule has 2 heterocycles. The first-order valence-electron chi connectivity index (χ1n) is 7.64. The quantitative estimate of drug-likeness (QED) is 0.884. The lowest BCUT2D eigenvalue weighted by Crippen LogP contribution is -2.12. The minimum atomic E-state index is 0.824. The third-order valence-electron chi connectivity index (χ3n) is 3.43. The average molecular weight is 288 g/mol. The van der Waals surface area contributed by atoms with Crippen LogP contribution in [0.25, 0.3) is 5.82 Å². The van der Waals surface area contributed by atoms with E-state index in [2.05, 4.69) is 41.2 Å². The molecule has 0 radical (unpaired) electrons. The van der Waals surface area contributed by atoms with Gasteiger partial charge in [0.15, 0.2) is 11.6 Å². The van der Waals surface area contributed by atoms with Crippen molar-refractivity contribution in [2.45, 2.75) is 53.4 Å². The Labute approximate surface area is 126 Å². The molecule has 21 heavy (non-hydrogen) atoms. The molecule has 0 aliphatic rings. The molecule has 2 aromatic rings. The Bertz CT molecular complexity index is 617. The zero-order chi connectivity index (χ0) is 15.4. The normalized spacial score (nSPS) is 10.9. The van der Waals surface area contributed by atoms with Crippen molar-refractivity contribution in [2.75, 3.05) is 12.4 Å². The Hall–Kier alpha value is -1.98. The maximum atomic E-state index is 4.71. The van der Waals surface area contributed by atoms with Crippen LogP contribution in [0.2, 0.25) is 0 Å². The average Bonchev–Trinajstić information content (AvgIpc) is 2.92. The molecule has 0 spiro atoms. The van der Waals surface area contributed by atoms with E-state index >= 15 is 0 Å². The summed E-state index contributed by atoms with van der Waals surface area (Å²) in [6.45, 7) is 8.30. The van der Waals surface area contributed by atoms with Crippen molar-refractivity contribution in [1.29, 1.82) is 0 Å². The van der Waals surface area contributed by atoms with Gasteiger partial charge in [0.2, 0.25) is 0 Å². The number of rotatable bonds is 6. The van der Waals surface area contributed by atoms with Gasteiger partial charge in [-0.2, -0.15) is 4.68 Å². The highest BCUT2D eigenvalue weighted by atomic mass is 15.4. The largest absolute Gasteiger partial charge is 0.373 e. The van der Waals surface area contributed by atoms with Gasteiger partial charge in [-0.05, 0) is 13.3 Å². The molecule has 6 heteroatoms. The summed E-state index contributed by atoms with van der Waals surface area (Å²) in [5, 5.41) is 7.74. The van der Waals surface area contributed by atoms with Gasteiger partial charge in [-0.3, -0.25) is 0 Å². The maximum absolute atomic E-state index is 4.71. The topological polar surface area (TPSA) is 68.5 Å². The molecule has 0 aliphatic heterocycles. The van der Waals surface area contributed by atoms with Gasteiger partial charge in [-0.25, -0.2) is 15.0 Å². The highest BCUT2D eigenvalue weighted by molar-refractivity contribution is 5.51. The number of nitrogens with one attached hydrogen (secondary N) is 1. The lowest BCUT2D eigenvalue weighted by molar-refractivity contribution is 0.738. The van der Waals surface area contributed by atoms with Crippen LogP contribution in [0.15, 0.2) is 0 Å². The highest BCUT2D eigenvalue weighted by Gasteiger charge is 2.16. The van der Waals surface area contributed by atoms with E-state index in [9.17, 15) is 0 Å². The molecular formula is C15H24N6. The van der Waals surface area contributed by atoms with E-state index < -0.39 is 0 Å². The molecule has 2 aromatic heterocycles. The fourth-order valence-electron chi connectivity index (χ4n) is 2.27. The van der Waals surface area contributed by atoms with Gasteiger partial charge in [0.05, 0.1) is 0 Å². The Kier molecular flexibility index (Phi) is 4.88. The van der Waals surface area contributed by atoms with Crippen molar-refractivity contribution < 1.29 is 0 Å². The van der Waals surface area contributed by atoms with Crippen molar-refractivity contribution in [3.05, 3.63) is 23.0 Å². The van der Waals surface area contributed by atoms with Crippen molar-refractivity contribution >= 4 is 5.82 Å². The van der Waals surface area contributed by atoms with Crippen molar-refractivity contribution in [3.63, 3.8) is 0 Å². The van der Waals surface area contributed by atoms with Gasteiger partial charge in [0.25, 0.3) is 0 Å². The zero-order valence-electron chi connectivity index (χ0n) is 13.6. The van der Waals surface area contributed by atoms with Gasteiger partial charge in [0.1, 0.15) is 17.5 Å². The van der Waals surface area contributed by atoms with Crippen molar-refractivity contribution in [2.24, 2.45) is 0 Å². The first-order chi connectivity index (χ1) is 10.1. The standard InChI is InChI=1S/C15H24N6/c1-6-9-12-18-14(16-5)10(4)15(19-12)21-13(8-3)17-11(7-2)20-21/h6-9H2,1-5H3,(H,16,18,19). The second-order valence-electron chi connectivity index (χ2n) is 5.00. The molecule has 0 atom stereocenters. The lowest BCUT2D eigenvalue weighted by Gasteiger charge is -2.12. The minimum Gasteiger partial charge on any atom is -0.373 e. The third kappa shape index (κ3) is 3.04. The molecule has 0 bridgehead atoms. The minimum absolute atomic E-state index is 0.824. The predicted octanol–water partition coefficient (Wildman–Crippen LogP) is 2.48. The van der Waals surface area contributed by atoms with Crippen LogP contribution in [0.3, 0.4) is 0 Å². The number of nitrogens with zero attached hydrogens (tertiary/aromatic N) is 5. The van der Waals surface area contributed by atoms with Crippen LogP contribution in [0.4, 0.5) is 5.82 Å². The van der Waals surface area contributed by atoms with E-state index in [4.69, 9.17) is 4.98 Å². The molecule has 0 saturated carbocycles. The fourth-order valence-corrected chi connectivity index (χ4v) is 2.27. The monoisotopic (exact) mass is 288 g/mol. The smallest absolute Gasteiger partial charge is 0.164 e. The van der Waals surface area contributed by atoms with Crippen LogP contribution >= 0.6 is 0 Å². The van der Waals surface area contributed by atoms with Gasteiger partial charge in [-0.15, -0.1) is 5.10 Å². The molecule has 0 saturated heterocycles. The molecule has 1 N–H and O–H groups in total. The Morgan fingerprint density at radius 1 is 1.00 bits per heavy atom. The summed E-state index contributed by atoms with van der Waals surface area (Å²) in [5.74, 6) is 4.34. The van der Waals surface area contributed by atoms with Crippen LogP contribution in [0.5, 0.6) is 0 Å². The Morgan fingerprint density at radius 2 is 1.76 bits per heavy atom. The Balaban J connectivity index is 2.61. The molecule has 114 valence electrons. The number of aryl methyl sites for hydroxylation is 3. The van der Waals surface area contributed by atoms with E-state index in [1.165, 1.54) is 0 Å². The molecule has 0 aliphatic carbocycles. The maximum Gasteiger partial charge on any atom is 0.164 e. The zero-order valence-corrected chi connectivity index (χ0v) is 13.6. The molecule has 0 fully saturated rings. The summed E-state index contributed by atoms with van der Waals surface area (Å²) in [4.78, 5) is 13.8.